The van der Waals surface area contributed by atoms with E-state index in [9.17, 15) is 18.0 Å². The van der Waals surface area contributed by atoms with Gasteiger partial charge in [0.05, 0.1) is 12.1 Å². The smallest absolute Gasteiger partial charge is 0.406 e. The number of fused-ring (bicyclic) bond motifs is 1. The topological polar surface area (TPSA) is 95.1 Å². The maximum atomic E-state index is 12.4. The van der Waals surface area contributed by atoms with Crippen molar-refractivity contribution >= 4 is 22.5 Å². The molecular weight excluding hydrogens is 499 g/mol. The molecule has 0 aliphatic heterocycles. The van der Waals surface area contributed by atoms with E-state index in [1.807, 2.05) is 53.2 Å². The van der Waals surface area contributed by atoms with Crippen molar-refractivity contribution in [2.45, 2.75) is 25.7 Å². The maximum Gasteiger partial charge on any atom is 0.573 e. The van der Waals surface area contributed by atoms with E-state index in [1.54, 1.807) is 0 Å². The van der Waals surface area contributed by atoms with Gasteiger partial charge in [-0.3, -0.25) is 9.48 Å². The second-order valence-electron chi connectivity index (χ2n) is 8.98. The first-order valence-corrected chi connectivity index (χ1v) is 11.9. The number of nitrogens with one attached hydrogen (secondary N) is 1. The molecule has 3 aromatic carbocycles. The molecule has 2 heterocycles. The second kappa shape index (κ2) is 9.33. The van der Waals surface area contributed by atoms with Gasteiger partial charge in [-0.25, -0.2) is 0 Å². The summed E-state index contributed by atoms with van der Waals surface area (Å²) in [6, 6.07) is 20.4. The van der Waals surface area contributed by atoms with E-state index in [2.05, 4.69) is 20.2 Å². The summed E-state index contributed by atoms with van der Waals surface area (Å²) in [7, 11) is 0. The summed E-state index contributed by atoms with van der Waals surface area (Å²) in [5.74, 6) is 0.198. The second-order valence-corrected chi connectivity index (χ2v) is 8.98. The normalized spacial score (nSPS) is 13.6. The van der Waals surface area contributed by atoms with Crippen LogP contribution in [0.2, 0.25) is 0 Å². The Kier molecular flexibility index (Phi) is 5.82. The summed E-state index contributed by atoms with van der Waals surface area (Å²) >= 11 is 0. The van der Waals surface area contributed by atoms with Crippen LogP contribution in [0.15, 0.2) is 77.3 Å². The van der Waals surface area contributed by atoms with E-state index >= 15 is 0 Å². The van der Waals surface area contributed by atoms with E-state index in [-0.39, 0.29) is 29.3 Å². The van der Waals surface area contributed by atoms with Gasteiger partial charge in [-0.1, -0.05) is 35.5 Å². The number of carbonyl (C=O) groups excluding carboxylic acids is 1. The molecule has 38 heavy (non-hydrogen) atoms. The number of benzene rings is 3. The molecule has 192 valence electrons. The minimum absolute atomic E-state index is 0.0451. The van der Waals surface area contributed by atoms with Crippen LogP contribution >= 0.6 is 0 Å². The number of hydrogen-bond donors (Lipinski definition) is 1. The predicted octanol–water partition coefficient (Wildman–Crippen LogP) is 6.05. The van der Waals surface area contributed by atoms with Gasteiger partial charge in [0.15, 0.2) is 5.69 Å². The van der Waals surface area contributed by atoms with Crippen LogP contribution in [0.3, 0.4) is 0 Å². The Hall–Kier alpha value is -4.67. The number of rotatable bonds is 7. The third kappa shape index (κ3) is 5.08. The molecule has 0 bridgehead atoms. The molecule has 1 N–H and O–H groups in total. The maximum absolute atomic E-state index is 12.4. The van der Waals surface area contributed by atoms with Gasteiger partial charge in [0.1, 0.15) is 5.75 Å². The van der Waals surface area contributed by atoms with Crippen molar-refractivity contribution in [1.29, 1.82) is 0 Å². The number of para-hydroxylation sites is 1. The van der Waals surface area contributed by atoms with Crippen LogP contribution in [0.4, 0.5) is 18.9 Å². The fraction of sp³-hybridized carbons (Fsp3) is 0.185. The van der Waals surface area contributed by atoms with Crippen molar-refractivity contribution in [3.63, 3.8) is 0 Å². The number of anilines is 1. The van der Waals surface area contributed by atoms with Gasteiger partial charge in [0.25, 0.3) is 5.89 Å². The number of carbonyl (C=O) groups is 1. The Morgan fingerprint density at radius 1 is 1.05 bits per heavy atom. The highest BCUT2D eigenvalue weighted by atomic mass is 19.4. The molecule has 1 amide bonds. The van der Waals surface area contributed by atoms with E-state index in [0.29, 0.717) is 17.8 Å². The Morgan fingerprint density at radius 3 is 2.61 bits per heavy atom. The van der Waals surface area contributed by atoms with Crippen LogP contribution in [0.1, 0.15) is 18.4 Å². The molecule has 5 aromatic rings. The number of halogens is 3. The van der Waals surface area contributed by atoms with Crippen molar-refractivity contribution in [2.75, 3.05) is 5.32 Å². The molecule has 8 nitrogen and oxygen atoms in total. The van der Waals surface area contributed by atoms with Crippen LogP contribution < -0.4 is 10.1 Å². The van der Waals surface area contributed by atoms with Gasteiger partial charge in [-0.2, -0.15) is 10.1 Å². The highest BCUT2D eigenvalue weighted by Gasteiger charge is 2.31. The van der Waals surface area contributed by atoms with E-state index in [4.69, 9.17) is 9.62 Å². The van der Waals surface area contributed by atoms with Gasteiger partial charge in [0.2, 0.25) is 11.7 Å². The highest BCUT2D eigenvalue weighted by Crippen LogP contribution is 2.32. The largest absolute Gasteiger partial charge is 0.573 e. The fourth-order valence-electron chi connectivity index (χ4n) is 4.16. The van der Waals surface area contributed by atoms with Crippen LogP contribution in [-0.2, 0) is 11.3 Å². The molecule has 6 rings (SSSR count). The number of aromatic nitrogens is 4. The predicted molar refractivity (Wildman–Crippen MR) is 132 cm³/mol. The van der Waals surface area contributed by atoms with E-state index < -0.39 is 6.36 Å². The average molecular weight is 519 g/mol. The van der Waals surface area contributed by atoms with E-state index in [0.717, 1.165) is 35.0 Å². The van der Waals surface area contributed by atoms with Crippen molar-refractivity contribution < 1.29 is 27.2 Å². The Balaban J connectivity index is 1.26. The number of alkyl halides is 3. The SMILES string of the molecule is O=C(Nc1cccc(Cn2nc(-c3nc(-c4ccc(OC(F)(F)F)cc4)no3)c3ccccc32)c1)C1CC1. The summed E-state index contributed by atoms with van der Waals surface area (Å²) in [4.78, 5) is 16.6. The summed E-state index contributed by atoms with van der Waals surface area (Å²) in [6.07, 6.45) is -2.90. The fourth-order valence-corrected chi connectivity index (χ4v) is 4.16. The van der Waals surface area contributed by atoms with Crippen molar-refractivity contribution in [3.05, 3.63) is 78.4 Å². The first-order valence-electron chi connectivity index (χ1n) is 11.9. The van der Waals surface area contributed by atoms with Crippen LogP contribution in [0, 0.1) is 5.92 Å². The lowest BCUT2D eigenvalue weighted by molar-refractivity contribution is -0.274. The van der Waals surface area contributed by atoms with Crippen LogP contribution in [0.25, 0.3) is 33.9 Å². The Labute approximate surface area is 214 Å². The Morgan fingerprint density at radius 2 is 1.84 bits per heavy atom. The monoisotopic (exact) mass is 519 g/mol. The van der Waals surface area contributed by atoms with Gasteiger partial charge < -0.3 is 14.6 Å². The summed E-state index contributed by atoms with van der Waals surface area (Å²) in [5.41, 5.74) is 3.48. The number of ether oxygens (including phenoxy) is 1. The van der Waals surface area contributed by atoms with Gasteiger partial charge in [-0.05, 0) is 60.9 Å². The molecule has 0 saturated heterocycles. The molecule has 1 aliphatic rings. The van der Waals surface area contributed by atoms with Crippen molar-refractivity contribution in [1.82, 2.24) is 19.9 Å². The Bertz CT molecular complexity index is 1620. The summed E-state index contributed by atoms with van der Waals surface area (Å²) < 4.78 is 48.5. The number of amides is 1. The minimum Gasteiger partial charge on any atom is -0.406 e. The summed E-state index contributed by atoms with van der Waals surface area (Å²) in [5, 5.41) is 12.5. The quantitative estimate of drug-likeness (QED) is 0.281. The molecule has 0 radical (unpaired) electrons. The molecule has 0 unspecified atom stereocenters. The average Bonchev–Trinajstić information content (AvgIpc) is 3.53. The van der Waals surface area contributed by atoms with E-state index in [1.165, 1.54) is 24.3 Å². The van der Waals surface area contributed by atoms with Gasteiger partial charge in [0, 0.05) is 22.6 Å². The lowest BCUT2D eigenvalue weighted by Crippen LogP contribution is -2.16. The molecule has 1 saturated carbocycles. The minimum atomic E-state index is -4.77. The van der Waals surface area contributed by atoms with Crippen LogP contribution in [-0.4, -0.2) is 32.2 Å². The first kappa shape index (κ1) is 23.7. The number of hydrogen-bond acceptors (Lipinski definition) is 6. The van der Waals surface area contributed by atoms with Crippen molar-refractivity contribution in [2.24, 2.45) is 5.92 Å². The van der Waals surface area contributed by atoms with Crippen LogP contribution in [0.5, 0.6) is 5.75 Å². The third-order valence-electron chi connectivity index (χ3n) is 6.11. The van der Waals surface area contributed by atoms with Gasteiger partial charge in [-0.15, -0.1) is 13.2 Å². The lowest BCUT2D eigenvalue weighted by Gasteiger charge is -2.08. The summed E-state index contributed by atoms with van der Waals surface area (Å²) in [6.45, 7) is 0.440. The lowest BCUT2D eigenvalue weighted by atomic mass is 10.2. The zero-order valence-electron chi connectivity index (χ0n) is 19.8. The zero-order valence-corrected chi connectivity index (χ0v) is 19.8. The molecule has 0 atom stereocenters. The van der Waals surface area contributed by atoms with Crippen molar-refractivity contribution in [3.8, 4) is 28.7 Å². The molecule has 1 fully saturated rings. The molecular formula is C27H20F3N5O3. The standard InChI is InChI=1S/C27H20F3N5O3/c28-27(29,30)37-20-12-10-17(11-13-20)24-32-26(38-34-24)23-21-6-1-2-7-22(21)35(33-23)15-16-4-3-5-19(14-16)31-25(36)18-8-9-18/h1-7,10-14,18H,8-9,15H2,(H,31,36). The highest BCUT2D eigenvalue weighted by molar-refractivity contribution is 5.94. The molecule has 2 aromatic heterocycles. The van der Waals surface area contributed by atoms with Gasteiger partial charge >= 0.3 is 6.36 Å². The molecule has 0 spiro atoms. The molecule has 1 aliphatic carbocycles. The third-order valence-corrected chi connectivity index (χ3v) is 6.11. The number of nitrogens with zero attached hydrogens (tertiary/aromatic N) is 4. The zero-order chi connectivity index (χ0) is 26.3. The first-order chi connectivity index (χ1) is 18.3. The molecule has 11 heteroatoms.